The molecule has 100 valence electrons. The van der Waals surface area contributed by atoms with Gasteiger partial charge in [0.1, 0.15) is 16.5 Å². The molecule has 0 fully saturated rings. The van der Waals surface area contributed by atoms with Gasteiger partial charge in [-0.3, -0.25) is 0 Å². The normalized spacial score (nSPS) is 10.4. The number of nitrogen functional groups attached to an aromatic ring is 1. The molecule has 2 N–H and O–H groups in total. The van der Waals surface area contributed by atoms with Crippen LogP contribution in [0.2, 0.25) is 0 Å². The predicted octanol–water partition coefficient (Wildman–Crippen LogP) is 3.50. The molecule has 0 amide bonds. The summed E-state index contributed by atoms with van der Waals surface area (Å²) in [5, 5.41) is 9.24. The number of nitrogens with two attached hydrogens (primary N) is 1. The van der Waals surface area contributed by atoms with Gasteiger partial charge in [-0.2, -0.15) is 0 Å². The molecule has 3 aromatic rings. The van der Waals surface area contributed by atoms with E-state index >= 15 is 0 Å². The van der Waals surface area contributed by atoms with Crippen LogP contribution in [0.3, 0.4) is 0 Å². The summed E-state index contributed by atoms with van der Waals surface area (Å²) in [4.78, 5) is 0. The summed E-state index contributed by atoms with van der Waals surface area (Å²) < 4.78 is 5.74. The van der Waals surface area contributed by atoms with Crippen LogP contribution in [0.1, 0.15) is 10.6 Å². The van der Waals surface area contributed by atoms with E-state index in [4.69, 9.17) is 10.5 Å². The average Bonchev–Trinajstić information content (AvgIpc) is 2.88. The zero-order valence-electron chi connectivity index (χ0n) is 10.7. The molecule has 0 spiro atoms. The molecule has 0 atom stereocenters. The van der Waals surface area contributed by atoms with Gasteiger partial charge in [-0.1, -0.05) is 41.7 Å². The lowest BCUT2D eigenvalue weighted by Crippen LogP contribution is -1.88. The number of para-hydroxylation sites is 1. The second-order valence-corrected chi connectivity index (χ2v) is 5.36. The Kier molecular flexibility index (Phi) is 3.60. The number of aromatic nitrogens is 2. The van der Waals surface area contributed by atoms with Crippen LogP contribution >= 0.6 is 11.3 Å². The Hall–Kier alpha value is -2.40. The summed E-state index contributed by atoms with van der Waals surface area (Å²) in [7, 11) is 0. The van der Waals surface area contributed by atoms with Crippen LogP contribution in [-0.2, 0) is 6.42 Å². The minimum absolute atomic E-state index is 0.504. The van der Waals surface area contributed by atoms with Crippen molar-refractivity contribution in [1.29, 1.82) is 0 Å². The van der Waals surface area contributed by atoms with E-state index in [2.05, 4.69) is 10.2 Å². The first-order valence-electron chi connectivity index (χ1n) is 6.19. The second-order valence-electron chi connectivity index (χ2n) is 4.27. The van der Waals surface area contributed by atoms with Gasteiger partial charge in [-0.05, 0) is 29.8 Å². The van der Waals surface area contributed by atoms with E-state index in [1.165, 1.54) is 11.3 Å². The molecule has 0 aliphatic heterocycles. The first-order chi connectivity index (χ1) is 9.79. The lowest BCUT2D eigenvalue weighted by atomic mass is 10.1. The fourth-order valence-electron chi connectivity index (χ4n) is 1.81. The third kappa shape index (κ3) is 3.13. The van der Waals surface area contributed by atoms with Crippen molar-refractivity contribution in [2.45, 2.75) is 6.42 Å². The van der Waals surface area contributed by atoms with E-state index in [0.717, 1.165) is 28.5 Å². The molecule has 5 heteroatoms. The van der Waals surface area contributed by atoms with Gasteiger partial charge in [0.25, 0.3) is 0 Å². The number of ether oxygens (including phenoxy) is 1. The zero-order valence-corrected chi connectivity index (χ0v) is 11.5. The summed E-state index contributed by atoms with van der Waals surface area (Å²) in [5.41, 5.74) is 6.72. The molecular formula is C15H13N3OS. The van der Waals surface area contributed by atoms with E-state index in [0.29, 0.717) is 5.13 Å². The Morgan fingerprint density at radius 3 is 2.25 bits per heavy atom. The maximum absolute atomic E-state index is 5.74. The number of hydrogen-bond donors (Lipinski definition) is 1. The van der Waals surface area contributed by atoms with Gasteiger partial charge in [-0.25, -0.2) is 0 Å². The molecule has 0 unspecified atom stereocenters. The summed E-state index contributed by atoms with van der Waals surface area (Å²) in [6.45, 7) is 0. The molecule has 3 rings (SSSR count). The van der Waals surface area contributed by atoms with E-state index in [9.17, 15) is 0 Å². The summed E-state index contributed by atoms with van der Waals surface area (Å²) >= 11 is 1.41. The molecule has 1 aromatic heterocycles. The van der Waals surface area contributed by atoms with Crippen molar-refractivity contribution in [2.75, 3.05) is 5.73 Å². The Labute approximate surface area is 120 Å². The minimum atomic E-state index is 0.504. The van der Waals surface area contributed by atoms with Crippen molar-refractivity contribution in [3.05, 3.63) is 65.2 Å². The van der Waals surface area contributed by atoms with Crippen LogP contribution < -0.4 is 10.5 Å². The van der Waals surface area contributed by atoms with E-state index in [-0.39, 0.29) is 0 Å². The van der Waals surface area contributed by atoms with Gasteiger partial charge >= 0.3 is 0 Å². The van der Waals surface area contributed by atoms with Crippen molar-refractivity contribution < 1.29 is 4.74 Å². The lowest BCUT2D eigenvalue weighted by Gasteiger charge is -2.06. The molecule has 0 aliphatic rings. The molecule has 0 aliphatic carbocycles. The Morgan fingerprint density at radius 1 is 0.900 bits per heavy atom. The molecule has 0 saturated carbocycles. The van der Waals surface area contributed by atoms with Crippen molar-refractivity contribution in [2.24, 2.45) is 0 Å². The zero-order chi connectivity index (χ0) is 13.8. The molecular weight excluding hydrogens is 270 g/mol. The molecule has 2 aromatic carbocycles. The SMILES string of the molecule is Nc1nnc(Cc2ccc(Oc3ccccc3)cc2)s1. The molecule has 4 nitrogen and oxygen atoms in total. The monoisotopic (exact) mass is 283 g/mol. The van der Waals surface area contributed by atoms with Crippen LogP contribution in [0.4, 0.5) is 5.13 Å². The highest BCUT2D eigenvalue weighted by atomic mass is 32.1. The van der Waals surface area contributed by atoms with Crippen molar-refractivity contribution in [3.8, 4) is 11.5 Å². The number of rotatable bonds is 4. The topological polar surface area (TPSA) is 61.0 Å². The number of benzene rings is 2. The summed E-state index contributed by atoms with van der Waals surface area (Å²) in [5.74, 6) is 1.65. The van der Waals surface area contributed by atoms with E-state index in [1.807, 2.05) is 54.6 Å². The van der Waals surface area contributed by atoms with Gasteiger partial charge in [0.15, 0.2) is 0 Å². The van der Waals surface area contributed by atoms with E-state index < -0.39 is 0 Å². The van der Waals surface area contributed by atoms with Crippen LogP contribution in [0.25, 0.3) is 0 Å². The standard InChI is InChI=1S/C15H13N3OS/c16-15-18-17-14(20-15)10-11-6-8-13(9-7-11)19-12-4-2-1-3-5-12/h1-9H,10H2,(H2,16,18). The third-order valence-electron chi connectivity index (χ3n) is 2.74. The lowest BCUT2D eigenvalue weighted by molar-refractivity contribution is 0.482. The van der Waals surface area contributed by atoms with Gasteiger partial charge in [0.2, 0.25) is 5.13 Å². The first kappa shape index (κ1) is 12.6. The summed E-state index contributed by atoms with van der Waals surface area (Å²) in [6, 6.07) is 17.7. The highest BCUT2D eigenvalue weighted by molar-refractivity contribution is 7.15. The number of nitrogens with zero attached hydrogens (tertiary/aromatic N) is 2. The fourth-order valence-corrected chi connectivity index (χ4v) is 2.46. The van der Waals surface area contributed by atoms with Gasteiger partial charge < -0.3 is 10.5 Å². The Balaban J connectivity index is 1.68. The highest BCUT2D eigenvalue weighted by Gasteiger charge is 2.03. The largest absolute Gasteiger partial charge is 0.457 e. The van der Waals surface area contributed by atoms with Crippen molar-refractivity contribution >= 4 is 16.5 Å². The Bertz CT molecular complexity index is 680. The third-order valence-corrected chi connectivity index (χ3v) is 3.49. The first-order valence-corrected chi connectivity index (χ1v) is 7.01. The van der Waals surface area contributed by atoms with Gasteiger partial charge in [0, 0.05) is 6.42 Å². The molecule has 0 saturated heterocycles. The van der Waals surface area contributed by atoms with Crippen LogP contribution in [0.5, 0.6) is 11.5 Å². The Morgan fingerprint density at radius 2 is 1.60 bits per heavy atom. The quantitative estimate of drug-likeness (QED) is 0.796. The van der Waals surface area contributed by atoms with E-state index in [1.54, 1.807) is 0 Å². The number of anilines is 1. The van der Waals surface area contributed by atoms with Gasteiger partial charge in [0.05, 0.1) is 0 Å². The average molecular weight is 283 g/mol. The smallest absolute Gasteiger partial charge is 0.203 e. The summed E-state index contributed by atoms with van der Waals surface area (Å²) in [6.07, 6.45) is 0.737. The maximum atomic E-state index is 5.74. The number of hydrogen-bond acceptors (Lipinski definition) is 5. The molecule has 0 radical (unpaired) electrons. The van der Waals surface area contributed by atoms with Crippen LogP contribution in [-0.4, -0.2) is 10.2 Å². The molecule has 1 heterocycles. The molecule has 0 bridgehead atoms. The predicted molar refractivity (Wildman–Crippen MR) is 80.1 cm³/mol. The fraction of sp³-hybridized carbons (Fsp3) is 0.0667. The maximum Gasteiger partial charge on any atom is 0.203 e. The minimum Gasteiger partial charge on any atom is -0.457 e. The van der Waals surface area contributed by atoms with Crippen molar-refractivity contribution in [1.82, 2.24) is 10.2 Å². The van der Waals surface area contributed by atoms with Gasteiger partial charge in [-0.15, -0.1) is 10.2 Å². The van der Waals surface area contributed by atoms with Crippen LogP contribution in [0.15, 0.2) is 54.6 Å². The molecule has 20 heavy (non-hydrogen) atoms. The highest BCUT2D eigenvalue weighted by Crippen LogP contribution is 2.22. The van der Waals surface area contributed by atoms with Crippen molar-refractivity contribution in [3.63, 3.8) is 0 Å². The second kappa shape index (κ2) is 5.71. The van der Waals surface area contributed by atoms with Crippen LogP contribution in [0, 0.1) is 0 Å².